The molecule has 1 atom stereocenters. The van der Waals surface area contributed by atoms with Gasteiger partial charge in [-0.05, 0) is 74.0 Å². The molecule has 29 heavy (non-hydrogen) atoms. The van der Waals surface area contributed by atoms with Crippen LogP contribution in [0.5, 0.6) is 5.75 Å². The summed E-state index contributed by atoms with van der Waals surface area (Å²) in [7, 11) is 1.72. The SMILES string of the molecule is COc1ccc2[nH]cc(C3CCN(C(C)c4nc(-c5cccs5)no4)CC3)c2c1. The van der Waals surface area contributed by atoms with Crippen molar-refractivity contribution in [1.82, 2.24) is 20.0 Å². The zero-order valence-corrected chi connectivity index (χ0v) is 17.4. The highest BCUT2D eigenvalue weighted by atomic mass is 32.1. The van der Waals surface area contributed by atoms with Crippen molar-refractivity contribution in [2.45, 2.75) is 31.7 Å². The molecule has 0 amide bonds. The van der Waals surface area contributed by atoms with Gasteiger partial charge in [0.2, 0.25) is 11.7 Å². The van der Waals surface area contributed by atoms with E-state index in [0.717, 1.165) is 36.6 Å². The summed E-state index contributed by atoms with van der Waals surface area (Å²) in [5, 5.41) is 7.46. The van der Waals surface area contributed by atoms with E-state index < -0.39 is 0 Å². The van der Waals surface area contributed by atoms with Gasteiger partial charge in [0.1, 0.15) is 5.75 Å². The minimum Gasteiger partial charge on any atom is -0.497 e. The number of H-pyrrole nitrogens is 1. The van der Waals surface area contributed by atoms with Gasteiger partial charge in [-0.1, -0.05) is 11.2 Å². The molecule has 5 rings (SSSR count). The summed E-state index contributed by atoms with van der Waals surface area (Å²) < 4.78 is 11.0. The minimum atomic E-state index is 0.125. The first-order valence-corrected chi connectivity index (χ1v) is 10.9. The normalized spacial score (nSPS) is 17.0. The Balaban J connectivity index is 1.28. The molecule has 0 bridgehead atoms. The lowest BCUT2D eigenvalue weighted by atomic mass is 9.88. The first-order valence-electron chi connectivity index (χ1n) is 9.99. The molecule has 1 aliphatic heterocycles. The summed E-state index contributed by atoms with van der Waals surface area (Å²) in [6.45, 7) is 4.18. The lowest BCUT2D eigenvalue weighted by Crippen LogP contribution is -2.35. The van der Waals surface area contributed by atoms with Crippen molar-refractivity contribution in [2.24, 2.45) is 0 Å². The number of fused-ring (bicyclic) bond motifs is 1. The number of benzene rings is 1. The van der Waals surface area contributed by atoms with Gasteiger partial charge < -0.3 is 14.2 Å². The maximum absolute atomic E-state index is 5.57. The number of likely N-dealkylation sites (tertiary alicyclic amines) is 1. The van der Waals surface area contributed by atoms with Gasteiger partial charge in [-0.25, -0.2) is 0 Å². The van der Waals surface area contributed by atoms with Crippen molar-refractivity contribution in [3.05, 3.63) is 53.4 Å². The zero-order chi connectivity index (χ0) is 19.8. The van der Waals surface area contributed by atoms with Crippen LogP contribution in [-0.4, -0.2) is 40.2 Å². The van der Waals surface area contributed by atoms with E-state index in [-0.39, 0.29) is 6.04 Å². The Hall–Kier alpha value is -2.64. The number of aromatic nitrogens is 3. The predicted molar refractivity (Wildman–Crippen MR) is 114 cm³/mol. The molecule has 4 aromatic rings. The number of ether oxygens (including phenoxy) is 1. The molecule has 6 nitrogen and oxygen atoms in total. The van der Waals surface area contributed by atoms with Crippen LogP contribution in [0.25, 0.3) is 21.6 Å². The van der Waals surface area contributed by atoms with Crippen LogP contribution < -0.4 is 4.74 Å². The lowest BCUT2D eigenvalue weighted by molar-refractivity contribution is 0.136. The molecule has 3 aromatic heterocycles. The van der Waals surface area contributed by atoms with E-state index >= 15 is 0 Å². The maximum Gasteiger partial charge on any atom is 0.244 e. The van der Waals surface area contributed by atoms with Crippen molar-refractivity contribution in [2.75, 3.05) is 20.2 Å². The van der Waals surface area contributed by atoms with Crippen LogP contribution in [0.15, 0.2) is 46.4 Å². The quantitative estimate of drug-likeness (QED) is 0.490. The van der Waals surface area contributed by atoms with Gasteiger partial charge >= 0.3 is 0 Å². The Morgan fingerprint density at radius 2 is 2.14 bits per heavy atom. The minimum absolute atomic E-state index is 0.125. The standard InChI is InChI=1S/C22H24N4O2S/c1-14(22-24-21(25-28-22)20-4-3-11-29-20)26-9-7-15(8-10-26)18-13-23-19-6-5-16(27-2)12-17(18)19/h3-6,11-15,23H,7-10H2,1-2H3. The molecular weight excluding hydrogens is 384 g/mol. The van der Waals surface area contributed by atoms with Crippen LogP contribution in [-0.2, 0) is 0 Å². The topological polar surface area (TPSA) is 67.2 Å². The van der Waals surface area contributed by atoms with E-state index in [2.05, 4.69) is 45.3 Å². The molecule has 1 aromatic carbocycles. The number of thiophene rings is 1. The summed E-state index contributed by atoms with van der Waals surface area (Å²) in [4.78, 5) is 11.5. The molecule has 7 heteroatoms. The Labute approximate surface area is 173 Å². The fraction of sp³-hybridized carbons (Fsp3) is 0.364. The largest absolute Gasteiger partial charge is 0.497 e. The number of aromatic amines is 1. The first kappa shape index (κ1) is 18.4. The summed E-state index contributed by atoms with van der Waals surface area (Å²) >= 11 is 1.63. The second-order valence-electron chi connectivity index (χ2n) is 7.58. The molecule has 0 saturated carbocycles. The number of rotatable bonds is 5. The van der Waals surface area contributed by atoms with Crippen LogP contribution >= 0.6 is 11.3 Å². The summed E-state index contributed by atoms with van der Waals surface area (Å²) in [6.07, 6.45) is 4.39. The van der Waals surface area contributed by atoms with Crippen molar-refractivity contribution in [1.29, 1.82) is 0 Å². The Bertz CT molecular complexity index is 1090. The third-order valence-corrected chi connectivity index (χ3v) is 6.84. The van der Waals surface area contributed by atoms with Crippen molar-refractivity contribution in [3.63, 3.8) is 0 Å². The van der Waals surface area contributed by atoms with Gasteiger partial charge in [0.05, 0.1) is 18.0 Å². The Kier molecular flexibility index (Phi) is 4.85. The molecule has 150 valence electrons. The second kappa shape index (κ2) is 7.65. The monoisotopic (exact) mass is 408 g/mol. The van der Waals surface area contributed by atoms with E-state index in [1.807, 2.05) is 23.6 Å². The summed E-state index contributed by atoms with van der Waals surface area (Å²) in [5.41, 5.74) is 2.56. The maximum atomic E-state index is 5.57. The average Bonchev–Trinajstić information content (AvgIpc) is 3.53. The smallest absolute Gasteiger partial charge is 0.244 e. The molecule has 4 heterocycles. The molecule has 1 N–H and O–H groups in total. The highest BCUT2D eigenvalue weighted by molar-refractivity contribution is 7.13. The van der Waals surface area contributed by atoms with Gasteiger partial charge in [0.25, 0.3) is 0 Å². The first-order chi connectivity index (χ1) is 14.2. The molecule has 1 saturated heterocycles. The molecule has 1 unspecified atom stereocenters. The number of nitrogens with one attached hydrogen (secondary N) is 1. The van der Waals surface area contributed by atoms with Crippen LogP contribution in [0.2, 0.25) is 0 Å². The highest BCUT2D eigenvalue weighted by Crippen LogP contribution is 2.36. The van der Waals surface area contributed by atoms with Crippen molar-refractivity contribution in [3.8, 4) is 16.5 Å². The number of piperidine rings is 1. The number of hydrogen-bond acceptors (Lipinski definition) is 6. The van der Waals surface area contributed by atoms with Gasteiger partial charge in [0, 0.05) is 17.1 Å². The van der Waals surface area contributed by atoms with E-state index in [1.54, 1.807) is 18.4 Å². The highest BCUT2D eigenvalue weighted by Gasteiger charge is 2.28. The molecular formula is C22H24N4O2S. The Morgan fingerprint density at radius 1 is 1.28 bits per heavy atom. The van der Waals surface area contributed by atoms with Gasteiger partial charge in [-0.15, -0.1) is 11.3 Å². The average molecular weight is 409 g/mol. The van der Waals surface area contributed by atoms with Crippen LogP contribution in [0.3, 0.4) is 0 Å². The van der Waals surface area contributed by atoms with Gasteiger partial charge in [-0.2, -0.15) is 4.98 Å². The summed E-state index contributed by atoms with van der Waals surface area (Å²) in [5.74, 6) is 2.83. The van der Waals surface area contributed by atoms with E-state index in [9.17, 15) is 0 Å². The Morgan fingerprint density at radius 3 is 2.90 bits per heavy atom. The van der Waals surface area contributed by atoms with E-state index in [0.29, 0.717) is 17.6 Å². The number of hydrogen-bond donors (Lipinski definition) is 1. The third-order valence-electron chi connectivity index (χ3n) is 5.98. The molecule has 1 fully saturated rings. The van der Waals surface area contributed by atoms with E-state index in [4.69, 9.17) is 9.26 Å². The zero-order valence-electron chi connectivity index (χ0n) is 16.6. The molecule has 1 aliphatic rings. The van der Waals surface area contributed by atoms with Gasteiger partial charge in [-0.3, -0.25) is 4.90 Å². The molecule has 0 spiro atoms. The van der Waals surface area contributed by atoms with Crippen LogP contribution in [0.1, 0.15) is 43.2 Å². The molecule has 0 radical (unpaired) electrons. The lowest BCUT2D eigenvalue weighted by Gasteiger charge is -2.34. The third kappa shape index (κ3) is 3.45. The number of nitrogens with zero attached hydrogens (tertiary/aromatic N) is 3. The second-order valence-corrected chi connectivity index (χ2v) is 8.52. The van der Waals surface area contributed by atoms with E-state index in [1.165, 1.54) is 16.5 Å². The molecule has 0 aliphatic carbocycles. The van der Waals surface area contributed by atoms with Crippen LogP contribution in [0, 0.1) is 0 Å². The van der Waals surface area contributed by atoms with Gasteiger partial charge in [0.15, 0.2) is 0 Å². The predicted octanol–water partition coefficient (Wildman–Crippen LogP) is 5.23. The number of methoxy groups -OCH3 is 1. The van der Waals surface area contributed by atoms with Crippen LogP contribution in [0.4, 0.5) is 0 Å². The van der Waals surface area contributed by atoms with Crippen molar-refractivity contribution >= 4 is 22.2 Å². The summed E-state index contributed by atoms with van der Waals surface area (Å²) in [6, 6.07) is 10.4. The fourth-order valence-corrected chi connectivity index (χ4v) is 4.90. The fourth-order valence-electron chi connectivity index (χ4n) is 4.25. The van der Waals surface area contributed by atoms with Crippen molar-refractivity contribution < 1.29 is 9.26 Å².